The Kier molecular flexibility index (Phi) is 2.95. The number of hydrogen-bond acceptors (Lipinski definition) is 5. The van der Waals surface area contributed by atoms with Crippen molar-refractivity contribution in [2.45, 2.75) is 6.92 Å². The zero-order valence-electron chi connectivity index (χ0n) is 10.8. The number of ether oxygens (including phenoxy) is 1. The summed E-state index contributed by atoms with van der Waals surface area (Å²) in [4.78, 5) is 27.1. The smallest absolute Gasteiger partial charge is 0.272 e. The van der Waals surface area contributed by atoms with E-state index in [4.69, 9.17) is 4.74 Å². The molecular formula is C15H12N2O3. The number of rotatable bonds is 4. The van der Waals surface area contributed by atoms with E-state index in [1.807, 2.05) is 24.3 Å². The number of benzene rings is 1. The molecule has 0 aliphatic carbocycles. The maximum Gasteiger partial charge on any atom is 0.272 e. The van der Waals surface area contributed by atoms with Crippen molar-refractivity contribution in [1.29, 1.82) is 0 Å². The van der Waals surface area contributed by atoms with Crippen molar-refractivity contribution in [3.05, 3.63) is 57.1 Å². The molecule has 0 amide bonds. The lowest BCUT2D eigenvalue weighted by Crippen LogP contribution is -2.35. The van der Waals surface area contributed by atoms with Gasteiger partial charge in [-0.15, -0.1) is 0 Å². The summed E-state index contributed by atoms with van der Waals surface area (Å²) in [6.45, 7) is 2.11. The van der Waals surface area contributed by atoms with E-state index >= 15 is 0 Å². The second kappa shape index (κ2) is 4.77. The molecule has 0 bridgehead atoms. The van der Waals surface area contributed by atoms with Crippen LogP contribution >= 0.6 is 0 Å². The van der Waals surface area contributed by atoms with Crippen LogP contribution in [0.15, 0.2) is 46.2 Å². The van der Waals surface area contributed by atoms with E-state index < -0.39 is 10.9 Å². The molecule has 1 N–H and O–H groups in total. The van der Waals surface area contributed by atoms with E-state index in [0.29, 0.717) is 6.61 Å². The van der Waals surface area contributed by atoms with E-state index in [1.54, 1.807) is 19.3 Å². The van der Waals surface area contributed by atoms with Crippen molar-refractivity contribution in [3.63, 3.8) is 0 Å². The first-order chi connectivity index (χ1) is 9.72. The van der Waals surface area contributed by atoms with E-state index in [0.717, 1.165) is 16.5 Å². The molecule has 3 aromatic rings. The molecule has 3 rings (SSSR count). The molecular weight excluding hydrogens is 256 g/mol. The van der Waals surface area contributed by atoms with Crippen LogP contribution in [0.3, 0.4) is 0 Å². The van der Waals surface area contributed by atoms with Crippen LogP contribution in [0.25, 0.3) is 10.8 Å². The third kappa shape index (κ3) is 1.84. The van der Waals surface area contributed by atoms with E-state index in [1.165, 1.54) is 0 Å². The number of nitrogens with zero attached hydrogens (tertiary/aromatic N) is 1. The summed E-state index contributed by atoms with van der Waals surface area (Å²) in [5.74, 6) is 0.114. The molecule has 0 atom stereocenters. The maximum atomic E-state index is 11.6. The predicted octanol–water partition coefficient (Wildman–Crippen LogP) is 1.97. The number of hydrogen-bond donors (Lipinski definition) is 1. The topological polar surface area (TPSA) is 68.3 Å². The van der Waals surface area contributed by atoms with Crippen LogP contribution in [0, 0.1) is 0 Å². The molecule has 0 fully saturated rings. The molecule has 1 heterocycles. The average molecular weight is 268 g/mol. The highest BCUT2D eigenvalue weighted by Crippen LogP contribution is 2.28. The number of fused-ring (bicyclic) bond motifs is 1. The fourth-order valence-electron chi connectivity index (χ4n) is 2.13. The molecule has 0 spiro atoms. The molecule has 0 radical (unpaired) electrons. The van der Waals surface area contributed by atoms with Gasteiger partial charge in [0.25, 0.3) is 10.9 Å². The van der Waals surface area contributed by atoms with Gasteiger partial charge >= 0.3 is 0 Å². The van der Waals surface area contributed by atoms with Crippen LogP contribution < -0.4 is 20.9 Å². The maximum absolute atomic E-state index is 11.6. The number of pyridine rings is 1. The van der Waals surface area contributed by atoms with Crippen LogP contribution in [0.4, 0.5) is 11.4 Å². The SMILES string of the molecule is CCOc1c(Nc2cccc3cnccc23)c(=O)c1=O. The van der Waals surface area contributed by atoms with Gasteiger partial charge in [-0.25, -0.2) is 0 Å². The van der Waals surface area contributed by atoms with E-state index in [-0.39, 0.29) is 11.4 Å². The fraction of sp³-hybridized carbons (Fsp3) is 0.133. The van der Waals surface area contributed by atoms with Crippen molar-refractivity contribution >= 4 is 22.1 Å². The molecule has 0 aliphatic heterocycles. The van der Waals surface area contributed by atoms with Crippen LogP contribution in [0.5, 0.6) is 5.75 Å². The minimum atomic E-state index is -0.573. The second-order valence-corrected chi connectivity index (χ2v) is 4.32. The number of aromatic nitrogens is 1. The lowest BCUT2D eigenvalue weighted by atomic mass is 10.1. The summed E-state index contributed by atoms with van der Waals surface area (Å²) < 4.78 is 5.19. The van der Waals surface area contributed by atoms with Gasteiger partial charge in [0.1, 0.15) is 5.69 Å². The van der Waals surface area contributed by atoms with Crippen LogP contribution in [-0.2, 0) is 0 Å². The molecule has 2 aromatic carbocycles. The van der Waals surface area contributed by atoms with Crippen molar-refractivity contribution in [2.75, 3.05) is 11.9 Å². The largest absolute Gasteiger partial charge is 0.488 e. The lowest BCUT2D eigenvalue weighted by Gasteiger charge is -2.14. The van der Waals surface area contributed by atoms with Gasteiger partial charge in [-0.1, -0.05) is 12.1 Å². The van der Waals surface area contributed by atoms with Crippen LogP contribution in [-0.4, -0.2) is 11.6 Å². The molecule has 0 unspecified atom stereocenters. The van der Waals surface area contributed by atoms with Gasteiger partial charge in [0.15, 0.2) is 5.75 Å². The molecule has 5 heteroatoms. The van der Waals surface area contributed by atoms with E-state index in [2.05, 4.69) is 10.3 Å². The normalized spacial score (nSPS) is 10.8. The molecule has 0 aliphatic rings. The molecule has 100 valence electrons. The van der Waals surface area contributed by atoms with Gasteiger partial charge in [-0.2, -0.15) is 0 Å². The Morgan fingerprint density at radius 2 is 2.05 bits per heavy atom. The molecule has 0 saturated heterocycles. The van der Waals surface area contributed by atoms with Gasteiger partial charge in [-0.05, 0) is 19.1 Å². The first-order valence-corrected chi connectivity index (χ1v) is 6.28. The Bertz CT molecular complexity index is 842. The Morgan fingerprint density at radius 3 is 2.85 bits per heavy atom. The van der Waals surface area contributed by atoms with Gasteiger partial charge in [-0.3, -0.25) is 14.6 Å². The first kappa shape index (κ1) is 12.3. The highest BCUT2D eigenvalue weighted by molar-refractivity contribution is 5.95. The highest BCUT2D eigenvalue weighted by atomic mass is 16.5. The van der Waals surface area contributed by atoms with Gasteiger partial charge in [0.05, 0.1) is 6.61 Å². The van der Waals surface area contributed by atoms with Crippen LogP contribution in [0.2, 0.25) is 0 Å². The third-order valence-corrected chi connectivity index (χ3v) is 3.10. The van der Waals surface area contributed by atoms with Crippen molar-refractivity contribution in [1.82, 2.24) is 4.98 Å². The summed E-state index contributed by atoms with van der Waals surface area (Å²) >= 11 is 0. The molecule has 1 aromatic heterocycles. The van der Waals surface area contributed by atoms with Gasteiger partial charge in [0.2, 0.25) is 0 Å². The Morgan fingerprint density at radius 1 is 1.20 bits per heavy atom. The zero-order chi connectivity index (χ0) is 14.1. The number of anilines is 2. The zero-order valence-corrected chi connectivity index (χ0v) is 10.8. The summed E-state index contributed by atoms with van der Waals surface area (Å²) in [6.07, 6.45) is 3.42. The van der Waals surface area contributed by atoms with Crippen molar-refractivity contribution in [3.8, 4) is 5.75 Å². The molecule has 0 saturated carbocycles. The highest BCUT2D eigenvalue weighted by Gasteiger charge is 2.22. The Labute approximate surface area is 114 Å². The first-order valence-electron chi connectivity index (χ1n) is 6.28. The standard InChI is InChI=1S/C15H12N2O3/c1-2-20-15-12(13(18)14(15)19)17-11-5-3-4-9-8-16-7-6-10(9)11/h3-8,17H,2H2,1H3. The third-order valence-electron chi connectivity index (χ3n) is 3.10. The minimum Gasteiger partial charge on any atom is -0.488 e. The summed E-state index contributed by atoms with van der Waals surface area (Å²) in [5, 5.41) is 4.87. The average Bonchev–Trinajstić information content (AvgIpc) is 2.50. The summed E-state index contributed by atoms with van der Waals surface area (Å²) in [7, 11) is 0. The van der Waals surface area contributed by atoms with Gasteiger partial charge in [0, 0.05) is 28.9 Å². The molecule has 20 heavy (non-hydrogen) atoms. The van der Waals surface area contributed by atoms with E-state index in [9.17, 15) is 9.59 Å². The minimum absolute atomic E-state index is 0.114. The predicted molar refractivity (Wildman–Crippen MR) is 77.5 cm³/mol. The second-order valence-electron chi connectivity index (χ2n) is 4.32. The number of nitrogens with one attached hydrogen (secondary N) is 1. The van der Waals surface area contributed by atoms with Crippen LogP contribution in [0.1, 0.15) is 6.92 Å². The quantitative estimate of drug-likeness (QED) is 0.733. The summed E-state index contributed by atoms with van der Waals surface area (Å²) in [6, 6.07) is 7.48. The monoisotopic (exact) mass is 268 g/mol. The Balaban J connectivity index is 2.05. The van der Waals surface area contributed by atoms with Gasteiger partial charge < -0.3 is 10.1 Å². The van der Waals surface area contributed by atoms with Crippen molar-refractivity contribution in [2.24, 2.45) is 0 Å². The Hall–Kier alpha value is -2.69. The summed E-state index contributed by atoms with van der Waals surface area (Å²) in [5.41, 5.74) is -0.144. The molecule has 5 nitrogen and oxygen atoms in total. The lowest BCUT2D eigenvalue weighted by molar-refractivity contribution is 0.335. The van der Waals surface area contributed by atoms with Crippen molar-refractivity contribution < 1.29 is 4.74 Å². The fourth-order valence-corrected chi connectivity index (χ4v) is 2.13.